The van der Waals surface area contributed by atoms with E-state index in [0.717, 1.165) is 6.20 Å². The first-order valence-corrected chi connectivity index (χ1v) is 6.19. The summed E-state index contributed by atoms with van der Waals surface area (Å²) in [6.45, 7) is -1.21. The number of alkyl halides is 3. The smallest absolute Gasteiger partial charge is 0.377 e. The number of nitrogens with one attached hydrogen (secondary N) is 1. The zero-order chi connectivity index (χ0) is 15.6. The summed E-state index contributed by atoms with van der Waals surface area (Å²) in [5.41, 5.74) is -0.154. The Bertz CT molecular complexity index is 694. The molecule has 0 radical (unpaired) electrons. The van der Waals surface area contributed by atoms with Gasteiger partial charge in [0.25, 0.3) is 5.56 Å². The molecule has 0 spiro atoms. The maximum atomic E-state index is 12.3. The summed E-state index contributed by atoms with van der Waals surface area (Å²) in [5, 5.41) is 10.0. The van der Waals surface area contributed by atoms with Gasteiger partial charge in [-0.05, 0) is 6.07 Å². The van der Waals surface area contributed by atoms with Crippen molar-refractivity contribution in [3.8, 4) is 0 Å². The predicted molar refractivity (Wildman–Crippen MR) is 70.1 cm³/mol. The van der Waals surface area contributed by atoms with Crippen LogP contribution in [-0.2, 0) is 20.1 Å². The van der Waals surface area contributed by atoms with Crippen LogP contribution >= 0.6 is 11.6 Å². The predicted octanol–water partition coefficient (Wildman–Crippen LogP) is 1.80. The number of rotatable bonds is 4. The highest BCUT2D eigenvalue weighted by atomic mass is 35.5. The highest BCUT2D eigenvalue weighted by Crippen LogP contribution is 2.19. The van der Waals surface area contributed by atoms with Crippen LogP contribution in [-0.4, -0.2) is 25.7 Å². The summed E-state index contributed by atoms with van der Waals surface area (Å²) in [7, 11) is 1.75. The van der Waals surface area contributed by atoms with E-state index < -0.39 is 18.3 Å². The van der Waals surface area contributed by atoms with Crippen LogP contribution in [0.4, 0.5) is 18.9 Å². The Hall–Kier alpha value is -2.03. The van der Waals surface area contributed by atoms with Crippen molar-refractivity contribution in [2.24, 2.45) is 7.05 Å². The highest BCUT2D eigenvalue weighted by molar-refractivity contribution is 6.32. The Morgan fingerprint density at radius 3 is 2.71 bits per heavy atom. The molecule has 6 nitrogen and oxygen atoms in total. The van der Waals surface area contributed by atoms with Gasteiger partial charge in [0.1, 0.15) is 11.6 Å². The fourth-order valence-corrected chi connectivity index (χ4v) is 1.83. The van der Waals surface area contributed by atoms with Crippen LogP contribution in [0.5, 0.6) is 0 Å². The van der Waals surface area contributed by atoms with Gasteiger partial charge >= 0.3 is 6.18 Å². The zero-order valence-corrected chi connectivity index (χ0v) is 11.6. The lowest BCUT2D eigenvalue weighted by Crippen LogP contribution is -2.30. The molecule has 0 saturated heterocycles. The van der Waals surface area contributed by atoms with Gasteiger partial charge in [-0.1, -0.05) is 11.6 Å². The Balaban J connectivity index is 2.15. The lowest BCUT2D eigenvalue weighted by atomic mass is 10.4. The van der Waals surface area contributed by atoms with E-state index >= 15 is 0 Å². The van der Waals surface area contributed by atoms with Crippen molar-refractivity contribution in [1.29, 1.82) is 0 Å². The van der Waals surface area contributed by atoms with E-state index in [-0.39, 0.29) is 21.9 Å². The van der Waals surface area contributed by atoms with Crippen LogP contribution in [0.25, 0.3) is 0 Å². The summed E-state index contributed by atoms with van der Waals surface area (Å²) in [6.07, 6.45) is -1.72. The molecule has 0 aliphatic rings. The molecule has 0 bridgehead atoms. The standard InChI is InChI=1S/C11H11ClF3N5O/c1-19-3-2-7(18-19)4-16-8-5-17-20(6-11(13,14)15)10(21)9(8)12/h2-3,5,16H,4,6H2,1H3. The fourth-order valence-electron chi connectivity index (χ4n) is 1.61. The number of aryl methyl sites for hydroxylation is 1. The Morgan fingerprint density at radius 1 is 1.43 bits per heavy atom. The average Bonchev–Trinajstić information content (AvgIpc) is 2.79. The summed E-state index contributed by atoms with van der Waals surface area (Å²) < 4.78 is 38.6. The zero-order valence-electron chi connectivity index (χ0n) is 10.9. The van der Waals surface area contributed by atoms with E-state index in [4.69, 9.17) is 11.6 Å². The maximum Gasteiger partial charge on any atom is 0.408 e. The molecule has 0 amide bonds. The SMILES string of the molecule is Cn1ccc(CNc2cnn(CC(F)(F)F)c(=O)c2Cl)n1. The van der Waals surface area contributed by atoms with Crippen molar-refractivity contribution < 1.29 is 13.2 Å². The van der Waals surface area contributed by atoms with Crippen molar-refractivity contribution in [3.63, 3.8) is 0 Å². The molecule has 2 heterocycles. The number of nitrogens with zero attached hydrogens (tertiary/aromatic N) is 4. The van der Waals surface area contributed by atoms with Gasteiger partial charge in [-0.25, -0.2) is 4.68 Å². The summed E-state index contributed by atoms with van der Waals surface area (Å²) in [4.78, 5) is 11.7. The molecule has 0 atom stereocenters. The second-order valence-electron chi connectivity index (χ2n) is 4.28. The Kier molecular flexibility index (Phi) is 4.21. The third-order valence-electron chi connectivity index (χ3n) is 2.54. The lowest BCUT2D eigenvalue weighted by molar-refractivity contribution is -0.143. The molecule has 0 fully saturated rings. The quantitative estimate of drug-likeness (QED) is 0.932. The molecule has 21 heavy (non-hydrogen) atoms. The van der Waals surface area contributed by atoms with Crippen molar-refractivity contribution >= 4 is 17.3 Å². The molecule has 0 aliphatic carbocycles. The van der Waals surface area contributed by atoms with Gasteiger partial charge < -0.3 is 5.32 Å². The number of halogens is 4. The highest BCUT2D eigenvalue weighted by Gasteiger charge is 2.29. The summed E-state index contributed by atoms with van der Waals surface area (Å²) in [5.74, 6) is 0. The van der Waals surface area contributed by atoms with Gasteiger partial charge in [-0.15, -0.1) is 0 Å². The first-order chi connectivity index (χ1) is 9.76. The van der Waals surface area contributed by atoms with Crippen molar-refractivity contribution in [2.45, 2.75) is 19.3 Å². The number of aromatic nitrogens is 4. The van der Waals surface area contributed by atoms with Gasteiger partial charge in [0.15, 0.2) is 0 Å². The molecule has 10 heteroatoms. The molecule has 1 N–H and O–H groups in total. The van der Waals surface area contributed by atoms with Crippen LogP contribution in [0.3, 0.4) is 0 Å². The van der Waals surface area contributed by atoms with E-state index in [2.05, 4.69) is 15.5 Å². The van der Waals surface area contributed by atoms with Crippen molar-refractivity contribution in [1.82, 2.24) is 19.6 Å². The minimum Gasteiger partial charge on any atom is -0.377 e. The molecule has 0 aromatic carbocycles. The van der Waals surface area contributed by atoms with Crippen LogP contribution in [0.15, 0.2) is 23.3 Å². The first kappa shape index (κ1) is 15.4. The number of hydrogen-bond donors (Lipinski definition) is 1. The largest absolute Gasteiger partial charge is 0.408 e. The van der Waals surface area contributed by atoms with Crippen molar-refractivity contribution in [2.75, 3.05) is 5.32 Å². The summed E-state index contributed by atoms with van der Waals surface area (Å²) >= 11 is 5.77. The Morgan fingerprint density at radius 2 is 2.14 bits per heavy atom. The third-order valence-corrected chi connectivity index (χ3v) is 2.91. The normalized spacial score (nSPS) is 11.7. The molecule has 0 saturated carbocycles. The monoisotopic (exact) mass is 321 g/mol. The maximum absolute atomic E-state index is 12.3. The van der Waals surface area contributed by atoms with Gasteiger partial charge in [0.2, 0.25) is 0 Å². The van der Waals surface area contributed by atoms with Gasteiger partial charge in [-0.2, -0.15) is 23.4 Å². The molecule has 2 aromatic rings. The minimum absolute atomic E-state index is 0.158. The fraction of sp³-hybridized carbons (Fsp3) is 0.364. The van der Waals surface area contributed by atoms with Crippen LogP contribution < -0.4 is 10.9 Å². The van der Waals surface area contributed by atoms with Gasteiger partial charge in [0, 0.05) is 13.2 Å². The molecule has 0 aliphatic heterocycles. The van der Waals surface area contributed by atoms with E-state index in [1.54, 1.807) is 24.0 Å². The third kappa shape index (κ3) is 3.97. The topological polar surface area (TPSA) is 64.7 Å². The lowest BCUT2D eigenvalue weighted by Gasteiger charge is -2.11. The number of hydrogen-bond acceptors (Lipinski definition) is 4. The summed E-state index contributed by atoms with van der Waals surface area (Å²) in [6, 6.07) is 1.75. The Labute approximate surface area is 122 Å². The van der Waals surface area contributed by atoms with Gasteiger partial charge in [0.05, 0.1) is 24.1 Å². The van der Waals surface area contributed by atoms with Gasteiger partial charge in [-0.3, -0.25) is 9.48 Å². The molecular weight excluding hydrogens is 311 g/mol. The molecule has 0 unspecified atom stereocenters. The van der Waals surface area contributed by atoms with E-state index in [1.165, 1.54) is 0 Å². The van der Waals surface area contributed by atoms with E-state index in [9.17, 15) is 18.0 Å². The first-order valence-electron chi connectivity index (χ1n) is 5.81. The van der Waals surface area contributed by atoms with Crippen molar-refractivity contribution in [3.05, 3.63) is 39.5 Å². The minimum atomic E-state index is -4.54. The average molecular weight is 322 g/mol. The molecule has 2 aromatic heterocycles. The second-order valence-corrected chi connectivity index (χ2v) is 4.66. The van der Waals surface area contributed by atoms with E-state index in [0.29, 0.717) is 5.69 Å². The van der Waals surface area contributed by atoms with E-state index in [1.807, 2.05) is 0 Å². The number of anilines is 1. The molecule has 114 valence electrons. The molecule has 2 rings (SSSR count). The van der Waals surface area contributed by atoms with Crippen LogP contribution in [0.1, 0.15) is 5.69 Å². The van der Waals surface area contributed by atoms with Crippen LogP contribution in [0, 0.1) is 0 Å². The second kappa shape index (κ2) is 5.76. The van der Waals surface area contributed by atoms with Crippen LogP contribution in [0.2, 0.25) is 5.02 Å². The molecular formula is C11H11ClF3N5O.